The fourth-order valence-corrected chi connectivity index (χ4v) is 4.91. The Kier molecular flexibility index (Phi) is 5.98. The van der Waals surface area contributed by atoms with Crippen LogP contribution >= 0.6 is 0 Å². The van der Waals surface area contributed by atoms with Gasteiger partial charge in [0, 0.05) is 23.3 Å². The lowest BCUT2D eigenvalue weighted by molar-refractivity contribution is -0.577. The summed E-state index contributed by atoms with van der Waals surface area (Å²) < 4.78 is 8.70. The number of amides is 2. The number of nitrogens with zero attached hydrogens (tertiary/aromatic N) is 4. The second-order valence-corrected chi connectivity index (χ2v) is 9.11. The second kappa shape index (κ2) is 9.11. The van der Waals surface area contributed by atoms with E-state index in [1.807, 2.05) is 45.0 Å². The molecule has 0 N–H and O–H groups in total. The van der Waals surface area contributed by atoms with Crippen LogP contribution in [-0.4, -0.2) is 45.8 Å². The molecule has 1 saturated heterocycles. The standard InChI is InChI=1S/C27H28N4O4/c1-4-21-22(26(33)31(28-21)19-9-6-5-7-10-19)23-24(29-14-17(2)13-18(3)15-29)27(34)30(25(23)32)16-20-11-8-12-35-20/h5-7,9-10,13-15,20H,4,8,11-12,16H2,1-3H3. The van der Waals surface area contributed by atoms with E-state index in [-0.39, 0.29) is 29.5 Å². The highest BCUT2D eigenvalue weighted by molar-refractivity contribution is 6.45. The SMILES string of the molecule is CCc1nn(-c2ccccc2)c([O-])c1C1=C([n+]2cc(C)cc(C)c2)C(=O)N(CC2CCCO2)C1=O. The van der Waals surface area contributed by atoms with Crippen LogP contribution in [0.15, 0.2) is 48.8 Å². The molecular weight excluding hydrogens is 444 g/mol. The molecule has 1 aromatic carbocycles. The Labute approximate surface area is 204 Å². The van der Waals surface area contributed by atoms with Crippen molar-refractivity contribution in [2.24, 2.45) is 0 Å². The molecule has 0 saturated carbocycles. The van der Waals surface area contributed by atoms with Crippen LogP contribution in [-0.2, 0) is 20.7 Å². The van der Waals surface area contributed by atoms with Gasteiger partial charge in [-0.05, 0) is 57.2 Å². The molecular formula is C27H28N4O4. The Morgan fingerprint density at radius 2 is 1.83 bits per heavy atom. The van der Waals surface area contributed by atoms with Crippen molar-refractivity contribution < 1.29 is 24.0 Å². The first-order valence-corrected chi connectivity index (χ1v) is 12.0. The number of aryl methyl sites for hydroxylation is 3. The van der Waals surface area contributed by atoms with Crippen LogP contribution in [0, 0.1) is 13.8 Å². The van der Waals surface area contributed by atoms with Gasteiger partial charge in [-0.15, -0.1) is 0 Å². The van der Waals surface area contributed by atoms with Crippen LogP contribution in [0.1, 0.15) is 42.1 Å². The molecule has 3 aromatic rings. The third kappa shape index (κ3) is 4.04. The Hall–Kier alpha value is -3.78. The van der Waals surface area contributed by atoms with Gasteiger partial charge in [0.05, 0.1) is 24.0 Å². The first-order valence-electron chi connectivity index (χ1n) is 12.0. The van der Waals surface area contributed by atoms with Crippen molar-refractivity contribution in [1.82, 2.24) is 14.7 Å². The second-order valence-electron chi connectivity index (χ2n) is 9.11. The van der Waals surface area contributed by atoms with Gasteiger partial charge >= 0.3 is 5.91 Å². The average molecular weight is 473 g/mol. The highest BCUT2D eigenvalue weighted by Gasteiger charge is 2.47. The molecule has 1 unspecified atom stereocenters. The Morgan fingerprint density at radius 3 is 2.46 bits per heavy atom. The monoisotopic (exact) mass is 472 g/mol. The third-order valence-corrected chi connectivity index (χ3v) is 6.45. The number of ether oxygens (including phenoxy) is 1. The molecule has 2 aromatic heterocycles. The van der Waals surface area contributed by atoms with E-state index in [1.54, 1.807) is 29.1 Å². The quantitative estimate of drug-likeness (QED) is 0.406. The van der Waals surface area contributed by atoms with Crippen molar-refractivity contribution in [3.8, 4) is 11.6 Å². The van der Waals surface area contributed by atoms with E-state index in [9.17, 15) is 14.7 Å². The summed E-state index contributed by atoms with van der Waals surface area (Å²) in [6.45, 7) is 6.53. The van der Waals surface area contributed by atoms with Crippen molar-refractivity contribution >= 4 is 23.1 Å². The number of pyridine rings is 1. The molecule has 180 valence electrons. The number of carbonyl (C=O) groups is 2. The van der Waals surface area contributed by atoms with Crippen LogP contribution in [0.3, 0.4) is 0 Å². The smallest absolute Gasteiger partial charge is 0.327 e. The van der Waals surface area contributed by atoms with E-state index < -0.39 is 17.7 Å². The van der Waals surface area contributed by atoms with Crippen LogP contribution in [0.5, 0.6) is 5.88 Å². The number of aromatic nitrogens is 3. The summed E-state index contributed by atoms with van der Waals surface area (Å²) >= 11 is 0. The topological polar surface area (TPSA) is 91.4 Å². The first-order chi connectivity index (χ1) is 16.9. The molecule has 35 heavy (non-hydrogen) atoms. The maximum absolute atomic E-state index is 13.8. The molecule has 2 amide bonds. The van der Waals surface area contributed by atoms with Crippen LogP contribution in [0.4, 0.5) is 0 Å². The van der Waals surface area contributed by atoms with Gasteiger partial charge in [0.25, 0.3) is 11.6 Å². The summed E-state index contributed by atoms with van der Waals surface area (Å²) in [6, 6.07) is 11.1. The maximum atomic E-state index is 13.8. The molecule has 0 bridgehead atoms. The molecule has 2 aliphatic rings. The highest BCUT2D eigenvalue weighted by atomic mass is 16.5. The highest BCUT2D eigenvalue weighted by Crippen LogP contribution is 2.37. The third-order valence-electron chi connectivity index (χ3n) is 6.45. The van der Waals surface area contributed by atoms with Crippen LogP contribution < -0.4 is 9.67 Å². The van der Waals surface area contributed by atoms with Crippen molar-refractivity contribution in [3.63, 3.8) is 0 Å². The van der Waals surface area contributed by atoms with E-state index in [0.29, 0.717) is 24.4 Å². The largest absolute Gasteiger partial charge is 0.858 e. The van der Waals surface area contributed by atoms with Crippen molar-refractivity contribution in [2.75, 3.05) is 13.2 Å². The lowest BCUT2D eigenvalue weighted by Crippen LogP contribution is -2.42. The van der Waals surface area contributed by atoms with Gasteiger partial charge in [-0.1, -0.05) is 25.1 Å². The van der Waals surface area contributed by atoms with Crippen molar-refractivity contribution in [3.05, 3.63) is 71.2 Å². The molecule has 8 nitrogen and oxygen atoms in total. The van der Waals surface area contributed by atoms with Gasteiger partial charge in [-0.2, -0.15) is 9.67 Å². The Bertz CT molecular complexity index is 1320. The van der Waals surface area contributed by atoms with E-state index in [4.69, 9.17) is 4.74 Å². The zero-order valence-electron chi connectivity index (χ0n) is 20.2. The van der Waals surface area contributed by atoms with E-state index in [2.05, 4.69) is 5.10 Å². The molecule has 2 aliphatic heterocycles. The summed E-state index contributed by atoms with van der Waals surface area (Å²) in [4.78, 5) is 28.8. The van der Waals surface area contributed by atoms with Crippen molar-refractivity contribution in [1.29, 1.82) is 0 Å². The van der Waals surface area contributed by atoms with Gasteiger partial charge in [-0.3, -0.25) is 14.5 Å². The number of rotatable bonds is 6. The number of imide groups is 1. The normalized spacial score (nSPS) is 18.3. The van der Waals surface area contributed by atoms with E-state index in [1.165, 1.54) is 9.58 Å². The zero-order valence-corrected chi connectivity index (χ0v) is 20.2. The number of para-hydroxylation sites is 1. The predicted molar refractivity (Wildman–Crippen MR) is 127 cm³/mol. The number of hydrogen-bond acceptors (Lipinski definition) is 5. The predicted octanol–water partition coefficient (Wildman–Crippen LogP) is 2.33. The van der Waals surface area contributed by atoms with Gasteiger partial charge in [-0.25, -0.2) is 4.68 Å². The maximum Gasteiger partial charge on any atom is 0.327 e. The Balaban J connectivity index is 1.71. The first kappa shape index (κ1) is 23.0. The number of hydrogen-bond donors (Lipinski definition) is 0. The average Bonchev–Trinajstić information content (AvgIpc) is 3.52. The minimum absolute atomic E-state index is 0.104. The number of carbonyl (C=O) groups excluding carboxylic acids is 2. The molecule has 4 heterocycles. The van der Waals surface area contributed by atoms with Gasteiger partial charge in [0.15, 0.2) is 12.4 Å². The minimum atomic E-state index is -0.480. The van der Waals surface area contributed by atoms with Crippen LogP contribution in [0.25, 0.3) is 17.0 Å². The van der Waals surface area contributed by atoms with Crippen molar-refractivity contribution in [2.45, 2.75) is 46.1 Å². The molecule has 0 radical (unpaired) electrons. The summed E-state index contributed by atoms with van der Waals surface area (Å²) in [7, 11) is 0. The van der Waals surface area contributed by atoms with Gasteiger partial charge in [0.2, 0.25) is 0 Å². The minimum Gasteiger partial charge on any atom is -0.858 e. The Morgan fingerprint density at radius 1 is 1.11 bits per heavy atom. The summed E-state index contributed by atoms with van der Waals surface area (Å²) in [5.41, 5.74) is 3.43. The zero-order chi connectivity index (χ0) is 24.7. The molecule has 0 spiro atoms. The molecule has 5 rings (SSSR count). The summed E-state index contributed by atoms with van der Waals surface area (Å²) in [5.74, 6) is -1.32. The lowest BCUT2D eigenvalue weighted by Gasteiger charge is -2.18. The van der Waals surface area contributed by atoms with Gasteiger partial charge < -0.3 is 9.84 Å². The molecule has 8 heteroatoms. The number of benzene rings is 1. The molecule has 0 aliphatic carbocycles. The van der Waals surface area contributed by atoms with E-state index >= 15 is 0 Å². The molecule has 1 atom stereocenters. The summed E-state index contributed by atoms with van der Waals surface area (Å²) in [6.07, 6.45) is 5.54. The molecule has 1 fully saturated rings. The van der Waals surface area contributed by atoms with Crippen LogP contribution in [0.2, 0.25) is 0 Å². The fourth-order valence-electron chi connectivity index (χ4n) is 4.91. The fraction of sp³-hybridized carbons (Fsp3) is 0.333. The summed E-state index contributed by atoms with van der Waals surface area (Å²) in [5, 5.41) is 18.2. The van der Waals surface area contributed by atoms with Gasteiger partial charge in [0.1, 0.15) is 5.57 Å². The van der Waals surface area contributed by atoms with E-state index in [0.717, 1.165) is 24.0 Å². The lowest BCUT2D eigenvalue weighted by atomic mass is 10.0.